The molecule has 2 saturated heterocycles. The third-order valence-corrected chi connectivity index (χ3v) is 10.5. The second-order valence-electron chi connectivity index (χ2n) is 13.7. The van der Waals surface area contributed by atoms with Crippen LogP contribution in [0.2, 0.25) is 0 Å². The van der Waals surface area contributed by atoms with Crippen molar-refractivity contribution in [1.29, 1.82) is 0 Å². The molecule has 272 valence electrons. The molecule has 0 bridgehead atoms. The quantitative estimate of drug-likeness (QED) is 0.173. The van der Waals surface area contributed by atoms with Crippen molar-refractivity contribution in [3.05, 3.63) is 71.5 Å². The lowest BCUT2D eigenvalue weighted by molar-refractivity contribution is -0.137. The fourth-order valence-corrected chi connectivity index (χ4v) is 7.34. The SMILES string of the molecule is CCc1cccc(CC)c1NC(=O)c1cc(-c2nc(Nc3ccc(N4CCC(C(=O)N5CCN(C)CC5)CC4)cc3OC)nc3[nH]ccc23)n(C)n1. The third-order valence-electron chi connectivity index (χ3n) is 10.5. The van der Waals surface area contributed by atoms with Crippen LogP contribution in [0.25, 0.3) is 22.4 Å². The van der Waals surface area contributed by atoms with Crippen molar-refractivity contribution >= 4 is 45.9 Å². The van der Waals surface area contributed by atoms with E-state index >= 15 is 0 Å². The van der Waals surface area contributed by atoms with Crippen LogP contribution in [0.1, 0.15) is 48.3 Å². The molecule has 0 saturated carbocycles. The standard InChI is InChI=1S/C39H48N10O3/c1-6-25-9-8-10-26(7-2)34(25)42-37(50)31-24-32(47(4)45-31)35-29-13-16-40-36(29)44-39(43-35)41-30-12-11-28(23-33(30)52-5)48-17-14-27(15-18-48)38(51)49-21-19-46(3)20-22-49/h8-13,16,23-24,27H,6-7,14-15,17-22H2,1-5H3,(H,42,50)(H2,40,41,43,44). The Kier molecular flexibility index (Phi) is 10.1. The summed E-state index contributed by atoms with van der Waals surface area (Å²) in [6, 6.07) is 15.9. The van der Waals surface area contributed by atoms with Crippen molar-refractivity contribution in [2.45, 2.75) is 39.5 Å². The van der Waals surface area contributed by atoms with Gasteiger partial charge in [0.05, 0.1) is 18.5 Å². The molecule has 0 aliphatic carbocycles. The van der Waals surface area contributed by atoms with Crippen LogP contribution in [-0.2, 0) is 24.7 Å². The molecular weight excluding hydrogens is 656 g/mol. The van der Waals surface area contributed by atoms with Gasteiger partial charge in [-0.2, -0.15) is 10.1 Å². The number of para-hydroxylation sites is 1. The average molecular weight is 705 g/mol. The smallest absolute Gasteiger partial charge is 0.276 e. The van der Waals surface area contributed by atoms with E-state index in [9.17, 15) is 9.59 Å². The largest absolute Gasteiger partial charge is 0.494 e. The molecule has 2 amide bonds. The second kappa shape index (κ2) is 15.0. The number of hydrogen-bond acceptors (Lipinski definition) is 9. The Hall–Kier alpha value is -5.43. The lowest BCUT2D eigenvalue weighted by Gasteiger charge is -2.38. The maximum absolute atomic E-state index is 13.5. The number of carbonyl (C=O) groups excluding carboxylic acids is 2. The summed E-state index contributed by atoms with van der Waals surface area (Å²) in [6.45, 7) is 9.30. The molecule has 5 heterocycles. The van der Waals surface area contributed by atoms with Gasteiger partial charge in [0.2, 0.25) is 11.9 Å². The molecule has 13 heteroatoms. The summed E-state index contributed by atoms with van der Waals surface area (Å²) >= 11 is 0. The van der Waals surface area contributed by atoms with Crippen LogP contribution in [0.5, 0.6) is 5.75 Å². The zero-order valence-corrected chi connectivity index (χ0v) is 30.7. The molecular formula is C39H48N10O3. The van der Waals surface area contributed by atoms with Gasteiger partial charge in [0.15, 0.2) is 5.69 Å². The average Bonchev–Trinajstić information content (AvgIpc) is 3.81. The lowest BCUT2D eigenvalue weighted by Crippen LogP contribution is -2.50. The summed E-state index contributed by atoms with van der Waals surface area (Å²) in [7, 11) is 5.57. The summed E-state index contributed by atoms with van der Waals surface area (Å²) < 4.78 is 7.52. The molecule has 2 aromatic carbocycles. The van der Waals surface area contributed by atoms with Crippen LogP contribution in [-0.4, -0.2) is 99.8 Å². The number of anilines is 4. The topological polar surface area (TPSA) is 137 Å². The van der Waals surface area contributed by atoms with Gasteiger partial charge >= 0.3 is 0 Å². The Balaban J connectivity index is 1.08. The number of nitrogens with one attached hydrogen (secondary N) is 3. The molecule has 0 unspecified atom stereocenters. The number of aromatic amines is 1. The van der Waals surface area contributed by atoms with Crippen LogP contribution in [0.3, 0.4) is 0 Å². The first-order valence-electron chi connectivity index (χ1n) is 18.2. The molecule has 3 aromatic heterocycles. The normalized spacial score (nSPS) is 15.6. The highest BCUT2D eigenvalue weighted by atomic mass is 16.5. The number of piperidine rings is 1. The summed E-state index contributed by atoms with van der Waals surface area (Å²) in [4.78, 5) is 46.2. The first kappa shape index (κ1) is 35.0. The monoisotopic (exact) mass is 704 g/mol. The van der Waals surface area contributed by atoms with Gasteiger partial charge in [-0.25, -0.2) is 4.98 Å². The Labute approximate surface area is 304 Å². The predicted molar refractivity (Wildman–Crippen MR) is 205 cm³/mol. The number of methoxy groups -OCH3 is 1. The molecule has 0 atom stereocenters. The van der Waals surface area contributed by atoms with E-state index in [4.69, 9.17) is 14.7 Å². The number of fused-ring (bicyclic) bond motifs is 1. The number of hydrogen-bond donors (Lipinski definition) is 3. The minimum absolute atomic E-state index is 0.0772. The Morgan fingerprint density at radius 2 is 1.65 bits per heavy atom. The molecule has 2 aliphatic rings. The van der Waals surface area contributed by atoms with E-state index in [1.807, 2.05) is 54.5 Å². The number of carbonyl (C=O) groups is 2. The molecule has 2 fully saturated rings. The highest BCUT2D eigenvalue weighted by Gasteiger charge is 2.30. The number of piperazine rings is 1. The molecule has 13 nitrogen and oxygen atoms in total. The van der Waals surface area contributed by atoms with Gasteiger partial charge < -0.3 is 35.1 Å². The molecule has 2 aliphatic heterocycles. The van der Waals surface area contributed by atoms with Crippen molar-refractivity contribution in [3.8, 4) is 17.1 Å². The number of nitrogens with zero attached hydrogens (tertiary/aromatic N) is 7. The van der Waals surface area contributed by atoms with E-state index in [1.165, 1.54) is 0 Å². The fourth-order valence-electron chi connectivity index (χ4n) is 7.34. The predicted octanol–water partition coefficient (Wildman–Crippen LogP) is 5.48. The number of aryl methyl sites for hydroxylation is 3. The molecule has 0 radical (unpaired) electrons. The van der Waals surface area contributed by atoms with E-state index < -0.39 is 0 Å². The van der Waals surface area contributed by atoms with E-state index in [0.29, 0.717) is 40.3 Å². The van der Waals surface area contributed by atoms with Gasteiger partial charge in [-0.05, 0) is 68.1 Å². The van der Waals surface area contributed by atoms with Crippen LogP contribution in [0, 0.1) is 5.92 Å². The number of ether oxygens (including phenoxy) is 1. The van der Waals surface area contributed by atoms with Gasteiger partial charge in [0, 0.05) is 81.3 Å². The molecule has 7 rings (SSSR count). The number of rotatable bonds is 10. The highest BCUT2D eigenvalue weighted by Crippen LogP contribution is 2.35. The Morgan fingerprint density at radius 1 is 0.923 bits per heavy atom. The zero-order valence-electron chi connectivity index (χ0n) is 30.7. The first-order chi connectivity index (χ1) is 25.3. The number of aromatic nitrogens is 5. The van der Waals surface area contributed by atoms with Gasteiger partial charge in [0.25, 0.3) is 5.91 Å². The van der Waals surface area contributed by atoms with Crippen molar-refractivity contribution in [3.63, 3.8) is 0 Å². The van der Waals surface area contributed by atoms with E-state index in [1.54, 1.807) is 17.9 Å². The minimum atomic E-state index is -0.272. The van der Waals surface area contributed by atoms with Gasteiger partial charge in [0.1, 0.15) is 17.1 Å². The number of likely N-dealkylation sites (N-methyl/N-ethyl adjacent to an activating group) is 1. The van der Waals surface area contributed by atoms with Crippen LogP contribution < -0.4 is 20.3 Å². The Bertz CT molecular complexity index is 2050. The van der Waals surface area contributed by atoms with Gasteiger partial charge in [-0.1, -0.05) is 32.0 Å². The Morgan fingerprint density at radius 3 is 2.35 bits per heavy atom. The van der Waals surface area contributed by atoms with Crippen molar-refractivity contribution in [2.75, 3.05) is 69.0 Å². The number of amides is 2. The van der Waals surface area contributed by atoms with Crippen LogP contribution in [0.15, 0.2) is 54.7 Å². The molecule has 52 heavy (non-hydrogen) atoms. The maximum Gasteiger partial charge on any atom is 0.276 e. The van der Waals surface area contributed by atoms with Gasteiger partial charge in [-0.15, -0.1) is 0 Å². The van der Waals surface area contributed by atoms with Crippen molar-refractivity contribution < 1.29 is 14.3 Å². The highest BCUT2D eigenvalue weighted by molar-refractivity contribution is 6.05. The fraction of sp³-hybridized carbons (Fsp3) is 0.410. The van der Waals surface area contributed by atoms with E-state index in [2.05, 4.69) is 57.5 Å². The lowest BCUT2D eigenvalue weighted by atomic mass is 9.94. The number of benzene rings is 2. The van der Waals surface area contributed by atoms with Crippen molar-refractivity contribution in [1.82, 2.24) is 34.5 Å². The van der Waals surface area contributed by atoms with Crippen LogP contribution >= 0.6 is 0 Å². The second-order valence-corrected chi connectivity index (χ2v) is 13.7. The molecule has 3 N–H and O–H groups in total. The third kappa shape index (κ3) is 7.05. The van der Waals surface area contributed by atoms with Gasteiger partial charge in [-0.3, -0.25) is 14.3 Å². The van der Waals surface area contributed by atoms with Crippen molar-refractivity contribution in [2.24, 2.45) is 13.0 Å². The van der Waals surface area contributed by atoms with E-state index in [-0.39, 0.29) is 11.8 Å². The first-order valence-corrected chi connectivity index (χ1v) is 18.2. The summed E-state index contributed by atoms with van der Waals surface area (Å²) in [6.07, 6.45) is 5.12. The van der Waals surface area contributed by atoms with Crippen LogP contribution in [0.4, 0.5) is 23.0 Å². The van der Waals surface area contributed by atoms with E-state index in [0.717, 1.165) is 98.5 Å². The summed E-state index contributed by atoms with van der Waals surface area (Å²) in [5.41, 5.74) is 7.05. The molecule has 5 aromatic rings. The molecule has 0 spiro atoms. The minimum Gasteiger partial charge on any atom is -0.494 e. The number of H-pyrrole nitrogens is 1. The summed E-state index contributed by atoms with van der Waals surface area (Å²) in [5.74, 6) is 1.13. The summed E-state index contributed by atoms with van der Waals surface area (Å²) in [5, 5.41) is 11.9. The maximum atomic E-state index is 13.5. The zero-order chi connectivity index (χ0) is 36.4.